The van der Waals surface area contributed by atoms with Crippen LogP contribution in [0, 0.1) is 0 Å². The van der Waals surface area contributed by atoms with Crippen LogP contribution in [0.1, 0.15) is 26.2 Å². The summed E-state index contributed by atoms with van der Waals surface area (Å²) in [7, 11) is 1.49. The van der Waals surface area contributed by atoms with Crippen LogP contribution >= 0.6 is 0 Å². The molecule has 3 aliphatic heterocycles. The van der Waals surface area contributed by atoms with Crippen molar-refractivity contribution in [2.24, 2.45) is 22.9 Å². The monoisotopic (exact) mass is 769 g/mol. The Hall–Kier alpha value is -1.33. The highest BCUT2D eigenvalue weighted by Crippen LogP contribution is 2.37. The SMILES string of the molecule is CCCNCC1OC(OC2C(N)CC(NC(=O)C3(O)CC3N)C(O)C2OC2OC(CO)C(OC3OC(CN)C(O)C(O)C3NC)C2O)C(N)C(O)C1O. The third-order valence-electron chi connectivity index (χ3n) is 10.8. The first kappa shape index (κ1) is 42.8. The third kappa shape index (κ3) is 8.82. The molecule has 0 aromatic heterocycles. The molecule has 0 bridgehead atoms. The average molecular weight is 770 g/mol. The Morgan fingerprint density at radius 1 is 0.811 bits per heavy atom. The first-order chi connectivity index (χ1) is 25.1. The van der Waals surface area contributed by atoms with Crippen molar-refractivity contribution in [2.75, 3.05) is 33.3 Å². The molecule has 0 radical (unpaired) electrons. The first-order valence-corrected chi connectivity index (χ1v) is 18.1. The van der Waals surface area contributed by atoms with E-state index < -0.39 is 140 Å². The third-order valence-corrected chi connectivity index (χ3v) is 10.8. The predicted octanol–water partition coefficient (Wildman–Crippen LogP) is -8.97. The molecule has 0 aromatic rings. The Morgan fingerprint density at radius 3 is 2.02 bits per heavy atom. The highest BCUT2D eigenvalue weighted by atomic mass is 16.8. The lowest BCUT2D eigenvalue weighted by Crippen LogP contribution is -2.69. The number of ether oxygens (including phenoxy) is 6. The van der Waals surface area contributed by atoms with Gasteiger partial charge in [0.05, 0.1) is 24.7 Å². The summed E-state index contributed by atoms with van der Waals surface area (Å²) in [6.45, 7) is 1.84. The van der Waals surface area contributed by atoms with Crippen LogP contribution in [0.4, 0.5) is 0 Å². The molecule has 53 heavy (non-hydrogen) atoms. The smallest absolute Gasteiger partial charge is 0.253 e. The largest absolute Gasteiger partial charge is 0.394 e. The van der Waals surface area contributed by atoms with Crippen LogP contribution < -0.4 is 38.9 Å². The van der Waals surface area contributed by atoms with Gasteiger partial charge in [0.1, 0.15) is 73.2 Å². The number of nitrogens with one attached hydrogen (secondary N) is 3. The van der Waals surface area contributed by atoms with Gasteiger partial charge in [0.2, 0.25) is 0 Å². The average Bonchev–Trinajstić information content (AvgIpc) is 3.66. The summed E-state index contributed by atoms with van der Waals surface area (Å²) in [5.74, 6) is -0.836. The molecule has 308 valence electrons. The molecule has 2 saturated carbocycles. The molecule has 22 heteroatoms. The maximum atomic E-state index is 12.9. The van der Waals surface area contributed by atoms with Crippen molar-refractivity contribution < 1.29 is 74.1 Å². The molecule has 0 spiro atoms. The van der Waals surface area contributed by atoms with E-state index in [-0.39, 0.29) is 25.9 Å². The van der Waals surface area contributed by atoms with Crippen LogP contribution in [0.15, 0.2) is 0 Å². The second kappa shape index (κ2) is 17.9. The molecular formula is C31H59N7O15. The number of amides is 1. The van der Waals surface area contributed by atoms with Crippen molar-refractivity contribution >= 4 is 5.91 Å². The highest BCUT2D eigenvalue weighted by Gasteiger charge is 2.59. The molecule has 2 aliphatic carbocycles. The van der Waals surface area contributed by atoms with E-state index in [4.69, 9.17) is 51.4 Å². The topological polar surface area (TPSA) is 374 Å². The van der Waals surface area contributed by atoms with Crippen LogP contribution in [-0.2, 0) is 33.2 Å². The lowest BCUT2D eigenvalue weighted by molar-refractivity contribution is -0.308. The van der Waals surface area contributed by atoms with Gasteiger partial charge in [0.25, 0.3) is 5.91 Å². The van der Waals surface area contributed by atoms with Crippen molar-refractivity contribution in [1.82, 2.24) is 16.0 Å². The minimum atomic E-state index is -1.84. The summed E-state index contributed by atoms with van der Waals surface area (Å²) in [5.41, 5.74) is 22.4. The molecule has 19 N–H and O–H groups in total. The number of aliphatic hydroxyl groups is 8. The Morgan fingerprint density at radius 2 is 1.42 bits per heavy atom. The van der Waals surface area contributed by atoms with Gasteiger partial charge in [-0.25, -0.2) is 0 Å². The van der Waals surface area contributed by atoms with E-state index in [1.54, 1.807) is 0 Å². The van der Waals surface area contributed by atoms with E-state index in [2.05, 4.69) is 16.0 Å². The fourth-order valence-electron chi connectivity index (χ4n) is 7.36. The molecule has 22 nitrogen and oxygen atoms in total. The van der Waals surface area contributed by atoms with Crippen molar-refractivity contribution in [3.05, 3.63) is 0 Å². The fraction of sp³-hybridized carbons (Fsp3) is 0.968. The van der Waals surface area contributed by atoms with Crippen LogP contribution in [0.3, 0.4) is 0 Å². The van der Waals surface area contributed by atoms with Gasteiger partial charge in [-0.15, -0.1) is 0 Å². The van der Waals surface area contributed by atoms with Crippen molar-refractivity contribution in [3.8, 4) is 0 Å². The summed E-state index contributed by atoms with van der Waals surface area (Å²) >= 11 is 0. The first-order valence-electron chi connectivity index (χ1n) is 18.1. The number of hydrogen-bond acceptors (Lipinski definition) is 21. The maximum Gasteiger partial charge on any atom is 0.253 e. The van der Waals surface area contributed by atoms with Gasteiger partial charge in [0.15, 0.2) is 24.5 Å². The molecule has 5 aliphatic rings. The minimum absolute atomic E-state index is 0.00586. The summed E-state index contributed by atoms with van der Waals surface area (Å²) < 4.78 is 36.0. The number of carbonyl (C=O) groups is 1. The Kier molecular flexibility index (Phi) is 14.4. The van der Waals surface area contributed by atoms with Gasteiger partial charge >= 0.3 is 0 Å². The van der Waals surface area contributed by atoms with Gasteiger partial charge < -0.3 is 108 Å². The molecule has 3 saturated heterocycles. The maximum absolute atomic E-state index is 12.9. The van der Waals surface area contributed by atoms with Crippen LogP contribution in [0.5, 0.6) is 0 Å². The Labute approximate surface area is 306 Å². The number of aliphatic hydroxyl groups excluding tert-OH is 7. The summed E-state index contributed by atoms with van der Waals surface area (Å²) in [5, 5.41) is 94.9. The van der Waals surface area contributed by atoms with E-state index in [0.717, 1.165) is 6.42 Å². The predicted molar refractivity (Wildman–Crippen MR) is 179 cm³/mol. The quantitative estimate of drug-likeness (QED) is 0.0687. The molecule has 0 aromatic carbocycles. The number of hydrogen-bond donors (Lipinski definition) is 15. The van der Waals surface area contributed by atoms with Crippen LogP contribution in [0.25, 0.3) is 0 Å². The zero-order chi connectivity index (χ0) is 38.9. The molecule has 1 amide bonds. The van der Waals surface area contributed by atoms with Gasteiger partial charge in [-0.1, -0.05) is 6.92 Å². The van der Waals surface area contributed by atoms with Crippen LogP contribution in [0.2, 0.25) is 0 Å². The van der Waals surface area contributed by atoms with Crippen molar-refractivity contribution in [1.29, 1.82) is 0 Å². The normalized spacial score (nSPS) is 50.2. The lowest BCUT2D eigenvalue weighted by atomic mass is 9.83. The minimum Gasteiger partial charge on any atom is -0.394 e. The summed E-state index contributed by atoms with van der Waals surface area (Å²) in [6.07, 6.45) is -19.9. The van der Waals surface area contributed by atoms with Crippen molar-refractivity contribution in [2.45, 2.75) is 154 Å². The Balaban J connectivity index is 1.37. The summed E-state index contributed by atoms with van der Waals surface area (Å²) in [6, 6.07) is -5.26. The fourth-order valence-corrected chi connectivity index (χ4v) is 7.36. The van der Waals surface area contributed by atoms with E-state index in [1.807, 2.05) is 6.92 Å². The molecule has 3 heterocycles. The van der Waals surface area contributed by atoms with Gasteiger partial charge in [-0.3, -0.25) is 4.79 Å². The van der Waals surface area contributed by atoms with Gasteiger partial charge in [-0.2, -0.15) is 0 Å². The number of likely N-dealkylation sites (N-methyl/N-ethyl adjacent to an activating group) is 1. The number of carbonyl (C=O) groups excluding carboxylic acids is 1. The lowest BCUT2D eigenvalue weighted by Gasteiger charge is -2.48. The van der Waals surface area contributed by atoms with Gasteiger partial charge in [-0.05, 0) is 26.4 Å². The molecular weight excluding hydrogens is 710 g/mol. The molecule has 21 unspecified atom stereocenters. The highest BCUT2D eigenvalue weighted by molar-refractivity contribution is 5.89. The number of nitrogens with two attached hydrogens (primary N) is 4. The zero-order valence-corrected chi connectivity index (χ0v) is 29.7. The van der Waals surface area contributed by atoms with E-state index in [0.29, 0.717) is 6.54 Å². The molecule has 5 rings (SSSR count). The second-order valence-corrected chi connectivity index (χ2v) is 14.6. The van der Waals surface area contributed by atoms with E-state index in [9.17, 15) is 45.6 Å². The number of rotatable bonds is 15. The van der Waals surface area contributed by atoms with E-state index in [1.165, 1.54) is 7.05 Å². The van der Waals surface area contributed by atoms with Gasteiger partial charge in [0, 0.05) is 31.6 Å². The van der Waals surface area contributed by atoms with Crippen LogP contribution in [-0.4, -0.2) is 208 Å². The molecule has 21 atom stereocenters. The Bertz CT molecular complexity index is 1200. The zero-order valence-electron chi connectivity index (χ0n) is 29.7. The summed E-state index contributed by atoms with van der Waals surface area (Å²) in [4.78, 5) is 12.9. The van der Waals surface area contributed by atoms with Crippen molar-refractivity contribution in [3.63, 3.8) is 0 Å². The second-order valence-electron chi connectivity index (χ2n) is 14.6. The van der Waals surface area contributed by atoms with E-state index >= 15 is 0 Å². The molecule has 5 fully saturated rings. The standard InChI is InChI=1S/C31H59N7O15/c1-3-4-37-8-13-20(42)21(43)16(35)27(49-13)51-24-10(33)5-11(38-30(46)31(47)6-15(31)34)18(40)26(24)53-29-23(45)25(14(9-39)50-29)52-28-17(36-2)22(44)19(41)12(7-32)48-28/h10-29,36-37,39-45,47H,3-9,32-35H2,1-2H3,(H,38,46).